The molecule has 0 spiro atoms. The van der Waals surface area contributed by atoms with Crippen molar-refractivity contribution < 1.29 is 4.42 Å². The van der Waals surface area contributed by atoms with Gasteiger partial charge in [0.1, 0.15) is 11.2 Å². The molecule has 3 heterocycles. The van der Waals surface area contributed by atoms with Gasteiger partial charge in [-0.3, -0.25) is 9.59 Å². The Morgan fingerprint density at radius 2 is 1.21 bits per heavy atom. The van der Waals surface area contributed by atoms with E-state index in [-0.39, 0.29) is 10.9 Å². The molecule has 39 heavy (non-hydrogen) atoms. The molecule has 0 saturated carbocycles. The molecule has 0 fully saturated rings. The van der Waals surface area contributed by atoms with Gasteiger partial charge in [-0.05, 0) is 67.4 Å². The van der Waals surface area contributed by atoms with E-state index in [1.165, 1.54) is 33.2 Å². The van der Waals surface area contributed by atoms with Crippen LogP contribution in [0.15, 0.2) is 105 Å². The van der Waals surface area contributed by atoms with Gasteiger partial charge in [0.2, 0.25) is 5.43 Å². The highest BCUT2D eigenvalue weighted by molar-refractivity contribution is 7.24. The monoisotopic (exact) mass is 523 g/mol. The van der Waals surface area contributed by atoms with Crippen molar-refractivity contribution in [2.45, 2.75) is 13.8 Å². The third-order valence-electron chi connectivity index (χ3n) is 7.82. The Kier molecular flexibility index (Phi) is 4.50. The van der Waals surface area contributed by atoms with Gasteiger partial charge in [0.05, 0.1) is 21.8 Å². The second kappa shape index (κ2) is 7.88. The summed E-state index contributed by atoms with van der Waals surface area (Å²) in [5.74, 6) is 0. The summed E-state index contributed by atoms with van der Waals surface area (Å²) in [6.07, 6.45) is 0. The number of hydrogen-bond donors (Lipinski definition) is 0. The fourth-order valence-corrected chi connectivity index (χ4v) is 7.06. The number of nitrogens with zero attached hydrogens (tertiary/aromatic N) is 1. The smallest absolute Gasteiger partial charge is 0.200 e. The van der Waals surface area contributed by atoms with Crippen LogP contribution in [0.3, 0.4) is 0 Å². The molecule has 0 aliphatic carbocycles. The first-order chi connectivity index (χ1) is 19.0. The standard InChI is InChI=1S/C34H21NO3S/c1-18-7-5-10-21-22-11-6-8-19(2)32(22)35(31(18)21)20-13-14-29-25(15-20)34(37)26-16-24-28(17-30(26)39-29)38-27-12-4-3-9-23(27)33(24)36/h3-17H,1-2H3. The van der Waals surface area contributed by atoms with Gasteiger partial charge in [0, 0.05) is 36.6 Å². The van der Waals surface area contributed by atoms with E-state index in [9.17, 15) is 9.59 Å². The SMILES string of the molecule is Cc1cccc2c3cccc(C)c3n(-c3ccc4sc5cc6oc7ccccc7c(=O)c6cc5c(=O)c4c3)c12. The highest BCUT2D eigenvalue weighted by atomic mass is 32.1. The molecule has 0 bridgehead atoms. The molecule has 0 unspecified atom stereocenters. The summed E-state index contributed by atoms with van der Waals surface area (Å²) in [5, 5.41) is 4.52. The Balaban J connectivity index is 1.46. The van der Waals surface area contributed by atoms with Crippen molar-refractivity contribution in [2.24, 2.45) is 0 Å². The normalized spacial score (nSPS) is 12.1. The van der Waals surface area contributed by atoms with E-state index in [2.05, 4.69) is 60.9 Å². The topological polar surface area (TPSA) is 52.2 Å². The summed E-state index contributed by atoms with van der Waals surface area (Å²) in [5.41, 5.74) is 6.43. The molecule has 4 nitrogen and oxygen atoms in total. The maximum absolute atomic E-state index is 14.0. The molecule has 0 radical (unpaired) electrons. The summed E-state index contributed by atoms with van der Waals surface area (Å²) >= 11 is 1.54. The van der Waals surface area contributed by atoms with E-state index >= 15 is 0 Å². The average molecular weight is 524 g/mol. The predicted molar refractivity (Wildman–Crippen MR) is 163 cm³/mol. The number of rotatable bonds is 1. The van der Waals surface area contributed by atoms with Gasteiger partial charge in [0.15, 0.2) is 5.43 Å². The maximum Gasteiger partial charge on any atom is 0.200 e. The molecule has 186 valence electrons. The number of aromatic nitrogens is 1. The molecular formula is C34H21NO3S. The quantitative estimate of drug-likeness (QED) is 0.203. The van der Waals surface area contributed by atoms with Crippen molar-refractivity contribution in [3.63, 3.8) is 0 Å². The highest BCUT2D eigenvalue weighted by Crippen LogP contribution is 2.37. The molecule has 5 heteroatoms. The van der Waals surface area contributed by atoms with Crippen LogP contribution in [-0.4, -0.2) is 4.57 Å². The molecule has 0 amide bonds. The fourth-order valence-electron chi connectivity index (χ4n) is 5.99. The number of fused-ring (bicyclic) bond motifs is 7. The van der Waals surface area contributed by atoms with E-state index in [4.69, 9.17) is 4.42 Å². The van der Waals surface area contributed by atoms with Crippen molar-refractivity contribution in [1.82, 2.24) is 4.57 Å². The Morgan fingerprint density at radius 1 is 0.564 bits per heavy atom. The Hall–Kier alpha value is -4.74. The average Bonchev–Trinajstić information content (AvgIpc) is 3.30. The molecule has 8 aromatic rings. The van der Waals surface area contributed by atoms with Crippen molar-refractivity contribution in [2.75, 3.05) is 0 Å². The van der Waals surface area contributed by atoms with E-state index in [1.807, 2.05) is 30.3 Å². The van der Waals surface area contributed by atoms with Crippen molar-refractivity contribution in [3.05, 3.63) is 123 Å². The van der Waals surface area contributed by atoms with Gasteiger partial charge in [-0.1, -0.05) is 48.5 Å². The molecule has 3 aromatic heterocycles. The second-order valence-corrected chi connectivity index (χ2v) is 11.2. The fraction of sp³-hybridized carbons (Fsp3) is 0.0588. The van der Waals surface area contributed by atoms with Gasteiger partial charge in [-0.2, -0.15) is 0 Å². The van der Waals surface area contributed by atoms with Crippen LogP contribution in [0.4, 0.5) is 0 Å². The molecule has 0 aliphatic rings. The number of aryl methyl sites for hydroxylation is 2. The van der Waals surface area contributed by atoms with Gasteiger partial charge >= 0.3 is 0 Å². The zero-order chi connectivity index (χ0) is 26.4. The van der Waals surface area contributed by atoms with E-state index < -0.39 is 0 Å². The predicted octanol–water partition coefficient (Wildman–Crippen LogP) is 8.39. The molecule has 0 N–H and O–H groups in total. The summed E-state index contributed by atoms with van der Waals surface area (Å²) in [4.78, 5) is 27.2. The summed E-state index contributed by atoms with van der Waals surface area (Å²) in [6.45, 7) is 4.26. The molecule has 0 atom stereocenters. The number of benzene rings is 5. The minimum absolute atomic E-state index is 0.0794. The maximum atomic E-state index is 14.0. The Morgan fingerprint density at radius 3 is 1.95 bits per heavy atom. The minimum Gasteiger partial charge on any atom is -0.456 e. The lowest BCUT2D eigenvalue weighted by Crippen LogP contribution is -2.06. The van der Waals surface area contributed by atoms with E-state index in [1.54, 1.807) is 18.2 Å². The lowest BCUT2D eigenvalue weighted by atomic mass is 10.1. The molecule has 5 aromatic carbocycles. The Bertz CT molecular complexity index is 2400. The third-order valence-corrected chi connectivity index (χ3v) is 8.96. The van der Waals surface area contributed by atoms with Crippen LogP contribution < -0.4 is 10.9 Å². The van der Waals surface area contributed by atoms with Crippen LogP contribution in [-0.2, 0) is 0 Å². The van der Waals surface area contributed by atoms with Crippen LogP contribution in [0.1, 0.15) is 11.1 Å². The van der Waals surface area contributed by atoms with Crippen LogP contribution in [0.25, 0.3) is 69.6 Å². The summed E-state index contributed by atoms with van der Waals surface area (Å²) < 4.78 is 10.0. The lowest BCUT2D eigenvalue weighted by Gasteiger charge is -2.12. The van der Waals surface area contributed by atoms with E-state index in [0.29, 0.717) is 32.7 Å². The second-order valence-electron chi connectivity index (χ2n) is 10.2. The molecule has 0 saturated heterocycles. The largest absolute Gasteiger partial charge is 0.456 e. The van der Waals surface area contributed by atoms with Gasteiger partial charge in [0.25, 0.3) is 0 Å². The van der Waals surface area contributed by atoms with Crippen LogP contribution >= 0.6 is 11.3 Å². The summed E-state index contributed by atoms with van der Waals surface area (Å²) in [6, 6.07) is 29.7. The van der Waals surface area contributed by atoms with Crippen LogP contribution in [0.5, 0.6) is 0 Å². The first-order valence-corrected chi connectivity index (χ1v) is 13.7. The number of hydrogen-bond acceptors (Lipinski definition) is 4. The van der Waals surface area contributed by atoms with Crippen molar-refractivity contribution in [1.29, 1.82) is 0 Å². The molecular weight excluding hydrogens is 502 g/mol. The first-order valence-electron chi connectivity index (χ1n) is 12.9. The minimum atomic E-state index is -0.122. The summed E-state index contributed by atoms with van der Waals surface area (Å²) in [7, 11) is 0. The molecule has 8 rings (SSSR count). The lowest BCUT2D eigenvalue weighted by molar-refractivity contribution is 0.660. The zero-order valence-corrected chi connectivity index (χ0v) is 22.1. The van der Waals surface area contributed by atoms with Gasteiger partial charge < -0.3 is 8.98 Å². The zero-order valence-electron chi connectivity index (χ0n) is 21.2. The van der Waals surface area contributed by atoms with Crippen molar-refractivity contribution >= 4 is 75.3 Å². The van der Waals surface area contributed by atoms with E-state index in [0.717, 1.165) is 26.1 Å². The van der Waals surface area contributed by atoms with Gasteiger partial charge in [-0.25, -0.2) is 0 Å². The third kappa shape index (κ3) is 3.05. The Labute approximate surface area is 226 Å². The first kappa shape index (κ1) is 22.3. The highest BCUT2D eigenvalue weighted by Gasteiger charge is 2.17. The number of para-hydroxylation sites is 3. The van der Waals surface area contributed by atoms with Crippen LogP contribution in [0, 0.1) is 13.8 Å². The van der Waals surface area contributed by atoms with Crippen molar-refractivity contribution in [3.8, 4) is 5.69 Å². The van der Waals surface area contributed by atoms with Gasteiger partial charge in [-0.15, -0.1) is 11.3 Å². The van der Waals surface area contributed by atoms with Crippen LogP contribution in [0.2, 0.25) is 0 Å². The molecule has 0 aliphatic heterocycles.